The Kier molecular flexibility index (Phi) is 2.27. The molecule has 1 aromatic carbocycles. The fourth-order valence-corrected chi connectivity index (χ4v) is 1.03. The monoisotopic (exact) mass is 203 g/mol. The quantitative estimate of drug-likeness (QED) is 0.741. The molecule has 0 spiro atoms. The fraction of sp³-hybridized carbons (Fsp3) is 0.143. The maximum atomic E-state index is 12.6. The number of anilines is 1. The van der Waals surface area contributed by atoms with E-state index in [0.717, 1.165) is 5.69 Å². The van der Waals surface area contributed by atoms with Gasteiger partial charge in [-0.15, -0.1) is 0 Å². The molecule has 54 valence electrons. The number of hydrogen-bond acceptors (Lipinski definition) is 1. The van der Waals surface area contributed by atoms with Gasteiger partial charge >= 0.3 is 0 Å². The maximum Gasteiger partial charge on any atom is 0.137 e. The van der Waals surface area contributed by atoms with Gasteiger partial charge in [0.15, 0.2) is 0 Å². The van der Waals surface area contributed by atoms with Crippen molar-refractivity contribution in [1.29, 1.82) is 0 Å². The molecule has 0 radical (unpaired) electrons. The fourth-order valence-electron chi connectivity index (χ4n) is 0.652. The molecule has 1 rings (SSSR count). The van der Waals surface area contributed by atoms with Gasteiger partial charge in [0.05, 0.1) is 4.47 Å². The normalized spacial score (nSPS) is 9.50. The zero-order valence-electron chi connectivity index (χ0n) is 5.49. The lowest BCUT2D eigenvalue weighted by atomic mass is 10.3. The number of hydrogen-bond donors (Lipinski definition) is 1. The van der Waals surface area contributed by atoms with Gasteiger partial charge in [-0.3, -0.25) is 0 Å². The van der Waals surface area contributed by atoms with Crippen LogP contribution in [0.2, 0.25) is 0 Å². The SMILES string of the molecule is CNc1ccc(F)c(Br)c1. The van der Waals surface area contributed by atoms with E-state index in [0.29, 0.717) is 4.47 Å². The van der Waals surface area contributed by atoms with Crippen LogP contribution in [0.5, 0.6) is 0 Å². The molecule has 0 amide bonds. The third kappa shape index (κ3) is 1.48. The van der Waals surface area contributed by atoms with E-state index in [1.807, 2.05) is 0 Å². The van der Waals surface area contributed by atoms with Crippen molar-refractivity contribution in [2.24, 2.45) is 0 Å². The number of halogens is 2. The largest absolute Gasteiger partial charge is 0.388 e. The van der Waals surface area contributed by atoms with Crippen molar-refractivity contribution in [3.63, 3.8) is 0 Å². The predicted molar refractivity (Wildman–Crippen MR) is 43.6 cm³/mol. The summed E-state index contributed by atoms with van der Waals surface area (Å²) in [6.07, 6.45) is 0. The van der Waals surface area contributed by atoms with Crippen LogP contribution in [0, 0.1) is 5.82 Å². The topological polar surface area (TPSA) is 12.0 Å². The summed E-state index contributed by atoms with van der Waals surface area (Å²) in [6, 6.07) is 4.78. The van der Waals surface area contributed by atoms with E-state index in [2.05, 4.69) is 21.2 Å². The van der Waals surface area contributed by atoms with Gasteiger partial charge in [-0.05, 0) is 34.1 Å². The minimum atomic E-state index is -0.237. The van der Waals surface area contributed by atoms with Crippen molar-refractivity contribution in [3.05, 3.63) is 28.5 Å². The van der Waals surface area contributed by atoms with Gasteiger partial charge < -0.3 is 5.32 Å². The highest BCUT2D eigenvalue weighted by molar-refractivity contribution is 9.10. The molecule has 0 aromatic heterocycles. The molecule has 0 bridgehead atoms. The Balaban J connectivity index is 3.04. The van der Waals surface area contributed by atoms with Crippen LogP contribution >= 0.6 is 15.9 Å². The minimum absolute atomic E-state index is 0.237. The maximum absolute atomic E-state index is 12.6. The molecular formula is C7H7BrFN. The van der Waals surface area contributed by atoms with Gasteiger partial charge in [-0.1, -0.05) is 0 Å². The Bertz CT molecular complexity index is 237. The Morgan fingerprint density at radius 2 is 2.20 bits per heavy atom. The first-order chi connectivity index (χ1) is 4.74. The molecular weight excluding hydrogens is 197 g/mol. The highest BCUT2D eigenvalue weighted by Gasteiger charge is 1.97. The Hall–Kier alpha value is -0.570. The second-order valence-corrected chi connectivity index (χ2v) is 2.73. The highest BCUT2D eigenvalue weighted by Crippen LogP contribution is 2.19. The van der Waals surface area contributed by atoms with E-state index in [-0.39, 0.29) is 5.82 Å². The molecule has 0 saturated carbocycles. The van der Waals surface area contributed by atoms with E-state index >= 15 is 0 Å². The third-order valence-corrected chi connectivity index (χ3v) is 1.82. The summed E-state index contributed by atoms with van der Waals surface area (Å²) in [7, 11) is 1.79. The second kappa shape index (κ2) is 3.01. The molecule has 3 heteroatoms. The van der Waals surface area contributed by atoms with Crippen molar-refractivity contribution in [2.75, 3.05) is 12.4 Å². The summed E-state index contributed by atoms with van der Waals surface area (Å²) in [4.78, 5) is 0. The first kappa shape index (κ1) is 7.54. The Morgan fingerprint density at radius 3 is 2.70 bits per heavy atom. The third-order valence-electron chi connectivity index (χ3n) is 1.21. The lowest BCUT2D eigenvalue weighted by Gasteiger charge is -1.99. The Morgan fingerprint density at radius 1 is 1.50 bits per heavy atom. The number of benzene rings is 1. The molecule has 0 heterocycles. The van der Waals surface area contributed by atoms with Crippen molar-refractivity contribution in [1.82, 2.24) is 0 Å². The van der Waals surface area contributed by atoms with Crippen LogP contribution in [0.15, 0.2) is 22.7 Å². The Labute approximate surface area is 67.4 Å². The van der Waals surface area contributed by atoms with Gasteiger partial charge in [0, 0.05) is 12.7 Å². The van der Waals surface area contributed by atoms with Crippen LogP contribution in [-0.2, 0) is 0 Å². The molecule has 0 fully saturated rings. The average molecular weight is 204 g/mol. The summed E-state index contributed by atoms with van der Waals surface area (Å²) in [6.45, 7) is 0. The van der Waals surface area contributed by atoms with Crippen molar-refractivity contribution in [2.45, 2.75) is 0 Å². The molecule has 0 saturated heterocycles. The van der Waals surface area contributed by atoms with E-state index in [1.54, 1.807) is 19.2 Å². The first-order valence-electron chi connectivity index (χ1n) is 2.87. The molecule has 1 nitrogen and oxygen atoms in total. The van der Waals surface area contributed by atoms with Gasteiger partial charge in [-0.2, -0.15) is 0 Å². The summed E-state index contributed by atoms with van der Waals surface area (Å²) in [5.74, 6) is -0.237. The standard InChI is InChI=1S/C7H7BrFN/c1-10-5-2-3-7(9)6(8)4-5/h2-4,10H,1H3. The lowest BCUT2D eigenvalue weighted by molar-refractivity contribution is 0.621. The molecule has 0 aliphatic heterocycles. The zero-order chi connectivity index (χ0) is 7.56. The minimum Gasteiger partial charge on any atom is -0.388 e. The van der Waals surface area contributed by atoms with E-state index < -0.39 is 0 Å². The summed E-state index contributed by atoms with van der Waals surface area (Å²) in [5.41, 5.74) is 0.897. The smallest absolute Gasteiger partial charge is 0.137 e. The van der Waals surface area contributed by atoms with Crippen LogP contribution in [0.25, 0.3) is 0 Å². The molecule has 1 N–H and O–H groups in total. The van der Waals surface area contributed by atoms with E-state index in [4.69, 9.17) is 0 Å². The molecule has 0 aliphatic carbocycles. The molecule has 10 heavy (non-hydrogen) atoms. The molecule has 0 aliphatic rings. The average Bonchev–Trinajstić information content (AvgIpc) is 1.95. The number of nitrogens with one attached hydrogen (secondary N) is 1. The second-order valence-electron chi connectivity index (χ2n) is 1.88. The van der Waals surface area contributed by atoms with Gasteiger partial charge in [-0.25, -0.2) is 4.39 Å². The predicted octanol–water partition coefficient (Wildman–Crippen LogP) is 2.63. The van der Waals surface area contributed by atoms with Crippen LogP contribution < -0.4 is 5.32 Å². The van der Waals surface area contributed by atoms with Gasteiger partial charge in [0.25, 0.3) is 0 Å². The highest BCUT2D eigenvalue weighted by atomic mass is 79.9. The van der Waals surface area contributed by atoms with Crippen LogP contribution in [0.3, 0.4) is 0 Å². The zero-order valence-corrected chi connectivity index (χ0v) is 7.07. The summed E-state index contributed by atoms with van der Waals surface area (Å²) < 4.78 is 13.0. The lowest BCUT2D eigenvalue weighted by Crippen LogP contribution is -1.87. The van der Waals surface area contributed by atoms with E-state index in [9.17, 15) is 4.39 Å². The van der Waals surface area contributed by atoms with Crippen LogP contribution in [-0.4, -0.2) is 7.05 Å². The summed E-state index contributed by atoms with van der Waals surface area (Å²) >= 11 is 3.07. The van der Waals surface area contributed by atoms with Crippen molar-refractivity contribution >= 4 is 21.6 Å². The van der Waals surface area contributed by atoms with E-state index in [1.165, 1.54) is 6.07 Å². The van der Waals surface area contributed by atoms with Gasteiger partial charge in [0.2, 0.25) is 0 Å². The molecule has 0 unspecified atom stereocenters. The van der Waals surface area contributed by atoms with Crippen LogP contribution in [0.4, 0.5) is 10.1 Å². The van der Waals surface area contributed by atoms with Gasteiger partial charge in [0.1, 0.15) is 5.82 Å². The van der Waals surface area contributed by atoms with Crippen molar-refractivity contribution < 1.29 is 4.39 Å². The first-order valence-corrected chi connectivity index (χ1v) is 3.66. The van der Waals surface area contributed by atoms with Crippen molar-refractivity contribution in [3.8, 4) is 0 Å². The molecule has 0 atom stereocenters. The molecule has 1 aromatic rings. The number of rotatable bonds is 1. The van der Waals surface area contributed by atoms with Crippen LogP contribution in [0.1, 0.15) is 0 Å². The summed E-state index contributed by atoms with van der Waals surface area (Å²) in [5, 5.41) is 2.90.